The van der Waals surface area contributed by atoms with E-state index in [0.29, 0.717) is 24.5 Å². The van der Waals surface area contributed by atoms with Gasteiger partial charge in [-0.15, -0.1) is 0 Å². The number of carbonyl (C=O) groups is 2. The van der Waals surface area contributed by atoms with E-state index in [-0.39, 0.29) is 24.3 Å². The van der Waals surface area contributed by atoms with Crippen molar-refractivity contribution in [2.45, 2.75) is 44.4 Å². The first-order valence-electron chi connectivity index (χ1n) is 12.1. The van der Waals surface area contributed by atoms with Crippen molar-refractivity contribution in [2.75, 3.05) is 13.2 Å². The normalized spacial score (nSPS) is 16.0. The fraction of sp³-hybridized carbons (Fsp3) is 0.310. The molecule has 0 saturated carbocycles. The van der Waals surface area contributed by atoms with Gasteiger partial charge in [0.2, 0.25) is 11.8 Å². The summed E-state index contributed by atoms with van der Waals surface area (Å²) in [7, 11) is 0. The molecule has 3 aromatic carbocycles. The third-order valence-electron chi connectivity index (χ3n) is 6.26. The Hall–Kier alpha value is -3.15. The molecule has 35 heavy (non-hydrogen) atoms. The maximum atomic E-state index is 13.7. The number of hydrogen-bond donors (Lipinski definition) is 1. The highest BCUT2D eigenvalue weighted by molar-refractivity contribution is 6.30. The third kappa shape index (κ3) is 7.41. The van der Waals surface area contributed by atoms with E-state index in [2.05, 4.69) is 5.32 Å². The summed E-state index contributed by atoms with van der Waals surface area (Å²) >= 11 is 6.09. The van der Waals surface area contributed by atoms with Crippen molar-refractivity contribution < 1.29 is 14.3 Å². The van der Waals surface area contributed by atoms with Crippen LogP contribution in [0.25, 0.3) is 0 Å². The first-order chi connectivity index (χ1) is 17.1. The third-order valence-corrected chi connectivity index (χ3v) is 6.52. The summed E-state index contributed by atoms with van der Waals surface area (Å²) in [6.45, 7) is 1.49. The molecule has 0 aliphatic carbocycles. The zero-order valence-electron chi connectivity index (χ0n) is 19.7. The SMILES string of the molecule is O=C(NC[C@@H]1CCCO1)[C@H](Cc1ccccc1)N(Cc1ccc(Cl)cc1)C(=O)Cc1ccccc1. The summed E-state index contributed by atoms with van der Waals surface area (Å²) in [5.74, 6) is -0.265. The van der Waals surface area contributed by atoms with Crippen molar-refractivity contribution >= 4 is 23.4 Å². The van der Waals surface area contributed by atoms with Gasteiger partial charge in [0.05, 0.1) is 12.5 Å². The standard InChI is InChI=1S/C29H31ClN2O3/c30-25-15-13-24(14-16-25)21-32(28(33)19-23-10-5-2-6-11-23)27(18-22-8-3-1-4-9-22)29(34)31-20-26-12-7-17-35-26/h1-6,8-11,13-16,26-27H,7,12,17-21H2,(H,31,34)/t26-,27-/m0/s1. The molecule has 1 N–H and O–H groups in total. The monoisotopic (exact) mass is 490 g/mol. The smallest absolute Gasteiger partial charge is 0.243 e. The van der Waals surface area contributed by atoms with Crippen LogP contribution >= 0.6 is 11.6 Å². The molecule has 3 aromatic rings. The minimum Gasteiger partial charge on any atom is -0.376 e. The van der Waals surface area contributed by atoms with Crippen molar-refractivity contribution in [1.29, 1.82) is 0 Å². The molecule has 2 amide bonds. The molecule has 1 saturated heterocycles. The van der Waals surface area contributed by atoms with Gasteiger partial charge in [0.25, 0.3) is 0 Å². The average Bonchev–Trinajstić information content (AvgIpc) is 3.41. The molecular weight excluding hydrogens is 460 g/mol. The van der Waals surface area contributed by atoms with Gasteiger partial charge in [-0.05, 0) is 41.7 Å². The van der Waals surface area contributed by atoms with Crippen LogP contribution in [-0.2, 0) is 33.7 Å². The molecule has 0 spiro atoms. The quantitative estimate of drug-likeness (QED) is 0.443. The highest BCUT2D eigenvalue weighted by atomic mass is 35.5. The van der Waals surface area contributed by atoms with Gasteiger partial charge < -0.3 is 15.0 Å². The van der Waals surface area contributed by atoms with Gasteiger partial charge in [0.1, 0.15) is 6.04 Å². The van der Waals surface area contributed by atoms with Crippen LogP contribution in [0.1, 0.15) is 29.5 Å². The van der Waals surface area contributed by atoms with E-state index in [0.717, 1.165) is 36.1 Å². The topological polar surface area (TPSA) is 58.6 Å². The Balaban J connectivity index is 1.61. The first kappa shape index (κ1) is 25.0. The second-order valence-corrected chi connectivity index (χ2v) is 9.33. The van der Waals surface area contributed by atoms with Crippen LogP contribution in [0.3, 0.4) is 0 Å². The Morgan fingerprint density at radius 3 is 2.20 bits per heavy atom. The molecule has 1 fully saturated rings. The number of nitrogens with one attached hydrogen (secondary N) is 1. The average molecular weight is 491 g/mol. The lowest BCUT2D eigenvalue weighted by atomic mass is 10.0. The van der Waals surface area contributed by atoms with E-state index < -0.39 is 6.04 Å². The van der Waals surface area contributed by atoms with Crippen LogP contribution in [-0.4, -0.2) is 42.0 Å². The zero-order valence-corrected chi connectivity index (χ0v) is 20.5. The van der Waals surface area contributed by atoms with Gasteiger partial charge in [0.15, 0.2) is 0 Å². The predicted molar refractivity (Wildman–Crippen MR) is 138 cm³/mol. The van der Waals surface area contributed by atoms with E-state index in [1.54, 1.807) is 17.0 Å². The second-order valence-electron chi connectivity index (χ2n) is 8.90. The van der Waals surface area contributed by atoms with Gasteiger partial charge in [-0.3, -0.25) is 9.59 Å². The van der Waals surface area contributed by atoms with Crippen molar-refractivity contribution in [1.82, 2.24) is 10.2 Å². The summed E-state index contributed by atoms with van der Waals surface area (Å²) < 4.78 is 5.69. The number of ether oxygens (including phenoxy) is 1. The Labute approximate surface area is 212 Å². The lowest BCUT2D eigenvalue weighted by Gasteiger charge is -2.32. The maximum Gasteiger partial charge on any atom is 0.243 e. The largest absolute Gasteiger partial charge is 0.376 e. The lowest BCUT2D eigenvalue weighted by molar-refractivity contribution is -0.141. The molecule has 1 heterocycles. The van der Waals surface area contributed by atoms with E-state index in [9.17, 15) is 9.59 Å². The van der Waals surface area contributed by atoms with Gasteiger partial charge in [-0.25, -0.2) is 0 Å². The van der Waals surface area contributed by atoms with Crippen LogP contribution in [0.2, 0.25) is 5.02 Å². The van der Waals surface area contributed by atoms with E-state index in [1.807, 2.05) is 72.8 Å². The molecule has 5 nitrogen and oxygen atoms in total. The van der Waals surface area contributed by atoms with Crippen molar-refractivity contribution in [3.63, 3.8) is 0 Å². The minimum atomic E-state index is -0.661. The summed E-state index contributed by atoms with van der Waals surface area (Å²) in [5.41, 5.74) is 2.83. The van der Waals surface area contributed by atoms with Crippen LogP contribution in [0.4, 0.5) is 0 Å². The Bertz CT molecular complexity index is 1080. The molecule has 4 rings (SSSR count). The number of carbonyl (C=O) groups excluding carboxylic acids is 2. The highest BCUT2D eigenvalue weighted by Gasteiger charge is 2.31. The van der Waals surface area contributed by atoms with Crippen LogP contribution in [0.5, 0.6) is 0 Å². The molecule has 6 heteroatoms. The van der Waals surface area contributed by atoms with Crippen LogP contribution < -0.4 is 5.32 Å². The van der Waals surface area contributed by atoms with E-state index in [4.69, 9.17) is 16.3 Å². The van der Waals surface area contributed by atoms with Crippen molar-refractivity contribution in [2.24, 2.45) is 0 Å². The maximum absolute atomic E-state index is 13.7. The summed E-state index contributed by atoms with van der Waals surface area (Å²) in [4.78, 5) is 28.9. The van der Waals surface area contributed by atoms with Crippen LogP contribution in [0.15, 0.2) is 84.9 Å². The molecular formula is C29H31ClN2O3. The molecule has 182 valence electrons. The lowest BCUT2D eigenvalue weighted by Crippen LogP contribution is -2.52. The Morgan fingerprint density at radius 1 is 0.914 bits per heavy atom. The molecule has 2 atom stereocenters. The fourth-order valence-electron chi connectivity index (χ4n) is 4.35. The van der Waals surface area contributed by atoms with Gasteiger partial charge in [-0.2, -0.15) is 0 Å². The van der Waals surface area contributed by atoms with Gasteiger partial charge >= 0.3 is 0 Å². The van der Waals surface area contributed by atoms with E-state index in [1.165, 1.54) is 0 Å². The summed E-state index contributed by atoms with van der Waals surface area (Å²) in [6.07, 6.45) is 2.61. The Kier molecular flexibility index (Phi) is 8.93. The predicted octanol–water partition coefficient (Wildman–Crippen LogP) is 4.82. The van der Waals surface area contributed by atoms with Gasteiger partial charge in [0, 0.05) is 31.1 Å². The number of rotatable bonds is 10. The van der Waals surface area contributed by atoms with E-state index >= 15 is 0 Å². The molecule has 0 bridgehead atoms. The summed E-state index contributed by atoms with van der Waals surface area (Å²) in [6, 6.07) is 26.2. The second kappa shape index (κ2) is 12.5. The number of hydrogen-bond acceptors (Lipinski definition) is 3. The molecule has 1 aliphatic rings. The number of benzene rings is 3. The zero-order chi connectivity index (χ0) is 24.5. The van der Waals surface area contributed by atoms with Crippen molar-refractivity contribution in [3.8, 4) is 0 Å². The van der Waals surface area contributed by atoms with Crippen molar-refractivity contribution in [3.05, 3.63) is 107 Å². The minimum absolute atomic E-state index is 0.0288. The molecule has 0 unspecified atom stereocenters. The number of amides is 2. The first-order valence-corrected chi connectivity index (χ1v) is 12.5. The Morgan fingerprint density at radius 2 is 1.57 bits per heavy atom. The summed E-state index contributed by atoms with van der Waals surface area (Å²) in [5, 5.41) is 3.69. The number of halogens is 1. The van der Waals surface area contributed by atoms with Gasteiger partial charge in [-0.1, -0.05) is 84.4 Å². The van der Waals surface area contributed by atoms with Crippen LogP contribution in [0, 0.1) is 0 Å². The molecule has 0 radical (unpaired) electrons. The molecule has 1 aliphatic heterocycles. The molecule has 0 aromatic heterocycles. The highest BCUT2D eigenvalue weighted by Crippen LogP contribution is 2.19. The number of nitrogens with zero attached hydrogens (tertiary/aromatic N) is 1. The fourth-order valence-corrected chi connectivity index (χ4v) is 4.48.